The summed E-state index contributed by atoms with van der Waals surface area (Å²) in [5.74, 6) is 0.884. The van der Waals surface area contributed by atoms with Gasteiger partial charge in [0.25, 0.3) is 0 Å². The average molecular weight is 237 g/mol. The van der Waals surface area contributed by atoms with Crippen LogP contribution in [-0.4, -0.2) is 43.4 Å². The molecule has 0 radical (unpaired) electrons. The molecule has 0 aliphatic carbocycles. The Morgan fingerprint density at radius 2 is 2.06 bits per heavy atom. The molecule has 1 aromatic carbocycles. The van der Waals surface area contributed by atoms with Crippen molar-refractivity contribution in [1.29, 1.82) is 0 Å². The number of benzene rings is 1. The van der Waals surface area contributed by atoms with Gasteiger partial charge in [-0.05, 0) is 38.7 Å². The highest BCUT2D eigenvalue weighted by Crippen LogP contribution is 2.30. The Morgan fingerprint density at radius 3 is 2.59 bits per heavy atom. The fourth-order valence-corrected chi connectivity index (χ4v) is 2.05. The van der Waals surface area contributed by atoms with Crippen molar-refractivity contribution in [3.63, 3.8) is 0 Å². The number of ether oxygens (including phenoxy) is 1. The first-order valence-corrected chi connectivity index (χ1v) is 5.88. The molecular weight excluding hydrogens is 214 g/mol. The van der Waals surface area contributed by atoms with Crippen molar-refractivity contribution < 1.29 is 9.84 Å². The number of methoxy groups -OCH3 is 1. The first-order valence-electron chi connectivity index (χ1n) is 5.88. The maximum atomic E-state index is 10.5. The summed E-state index contributed by atoms with van der Waals surface area (Å²) in [6.07, 6.45) is 0. The number of hydrogen-bond acceptors (Lipinski definition) is 3. The molecule has 1 aromatic rings. The van der Waals surface area contributed by atoms with E-state index in [0.717, 1.165) is 11.3 Å². The lowest BCUT2D eigenvalue weighted by atomic mass is 9.84. The van der Waals surface area contributed by atoms with Gasteiger partial charge in [-0.3, -0.25) is 0 Å². The summed E-state index contributed by atoms with van der Waals surface area (Å²) >= 11 is 0. The van der Waals surface area contributed by atoms with Gasteiger partial charge in [-0.15, -0.1) is 0 Å². The highest BCUT2D eigenvalue weighted by atomic mass is 16.5. The fraction of sp³-hybridized carbons (Fsp3) is 0.571. The molecule has 0 heterocycles. The van der Waals surface area contributed by atoms with Crippen molar-refractivity contribution in [2.24, 2.45) is 0 Å². The van der Waals surface area contributed by atoms with Gasteiger partial charge in [-0.25, -0.2) is 0 Å². The van der Waals surface area contributed by atoms with Gasteiger partial charge in [0.1, 0.15) is 5.75 Å². The van der Waals surface area contributed by atoms with Crippen LogP contribution in [0.15, 0.2) is 24.3 Å². The topological polar surface area (TPSA) is 32.7 Å². The Balaban J connectivity index is 2.90. The second-order valence-corrected chi connectivity index (χ2v) is 5.09. The number of rotatable bonds is 5. The largest absolute Gasteiger partial charge is 0.497 e. The lowest BCUT2D eigenvalue weighted by molar-refractivity contribution is 0.0123. The molecule has 0 spiro atoms. The van der Waals surface area contributed by atoms with Gasteiger partial charge in [0.15, 0.2) is 0 Å². The summed E-state index contributed by atoms with van der Waals surface area (Å²) < 4.78 is 5.21. The van der Waals surface area contributed by atoms with E-state index in [1.54, 1.807) is 7.11 Å². The minimum atomic E-state index is -0.754. The van der Waals surface area contributed by atoms with Crippen LogP contribution in [0.3, 0.4) is 0 Å². The first-order chi connectivity index (χ1) is 7.86. The molecule has 0 fully saturated rings. The van der Waals surface area contributed by atoms with E-state index in [9.17, 15) is 5.11 Å². The van der Waals surface area contributed by atoms with Crippen molar-refractivity contribution in [3.8, 4) is 5.75 Å². The van der Waals surface area contributed by atoms with E-state index in [2.05, 4.69) is 0 Å². The predicted octanol–water partition coefficient (Wildman–Crippen LogP) is 2.11. The molecule has 1 N–H and O–H groups in total. The Bertz CT molecular complexity index is 361. The molecular formula is C14H23NO2. The number of hydrogen-bond donors (Lipinski definition) is 1. The zero-order valence-corrected chi connectivity index (χ0v) is 11.4. The molecule has 0 saturated carbocycles. The average Bonchev–Trinajstić information content (AvgIpc) is 2.26. The Hall–Kier alpha value is -1.06. The second kappa shape index (κ2) is 5.52. The van der Waals surface area contributed by atoms with E-state index < -0.39 is 5.60 Å². The number of aliphatic hydroxyl groups is 1. The number of nitrogens with zero attached hydrogens (tertiary/aromatic N) is 1. The van der Waals surface area contributed by atoms with Crippen LogP contribution in [0.4, 0.5) is 0 Å². The molecule has 0 aliphatic heterocycles. The van der Waals surface area contributed by atoms with E-state index >= 15 is 0 Å². The maximum Gasteiger partial charge on any atom is 0.119 e. The second-order valence-electron chi connectivity index (χ2n) is 5.09. The third kappa shape index (κ3) is 3.72. The summed E-state index contributed by atoms with van der Waals surface area (Å²) in [5.41, 5.74) is 0.340. The van der Waals surface area contributed by atoms with Gasteiger partial charge < -0.3 is 14.7 Å². The minimum absolute atomic E-state index is 0.0556. The molecule has 0 bridgehead atoms. The van der Waals surface area contributed by atoms with E-state index in [0.29, 0.717) is 6.54 Å². The van der Waals surface area contributed by atoms with Crippen LogP contribution in [0, 0.1) is 0 Å². The summed E-state index contributed by atoms with van der Waals surface area (Å²) in [5, 5.41) is 10.5. The molecule has 96 valence electrons. The highest BCUT2D eigenvalue weighted by molar-refractivity contribution is 5.32. The van der Waals surface area contributed by atoms with Crippen molar-refractivity contribution in [2.75, 3.05) is 27.7 Å². The molecule has 0 amide bonds. The minimum Gasteiger partial charge on any atom is -0.497 e. The zero-order valence-electron chi connectivity index (χ0n) is 11.4. The molecule has 0 aromatic heterocycles. The van der Waals surface area contributed by atoms with Crippen LogP contribution in [0.25, 0.3) is 0 Å². The van der Waals surface area contributed by atoms with Crippen LogP contribution in [-0.2, 0) is 0 Å². The van der Waals surface area contributed by atoms with Crippen LogP contribution < -0.4 is 4.74 Å². The Labute approximate surface area is 104 Å². The highest BCUT2D eigenvalue weighted by Gasteiger charge is 2.30. The van der Waals surface area contributed by atoms with Gasteiger partial charge in [0.05, 0.1) is 12.7 Å². The summed E-state index contributed by atoms with van der Waals surface area (Å²) in [4.78, 5) is 2.00. The third-order valence-electron chi connectivity index (χ3n) is 3.16. The van der Waals surface area contributed by atoms with E-state index in [1.165, 1.54) is 0 Å². The van der Waals surface area contributed by atoms with Crippen LogP contribution in [0.2, 0.25) is 0 Å². The fourth-order valence-electron chi connectivity index (χ4n) is 2.05. The standard InChI is InChI=1S/C14H23NO2/c1-11(14(2,16)10-15(3)4)12-7-6-8-13(9-12)17-5/h6-9,11,16H,10H2,1-5H3/t11-,14+/m0/s1. The SMILES string of the molecule is COc1cccc([C@H](C)[C@](C)(O)CN(C)C)c1. The zero-order chi connectivity index (χ0) is 13.1. The number of likely N-dealkylation sites (N-methyl/N-ethyl adjacent to an activating group) is 1. The van der Waals surface area contributed by atoms with E-state index in [-0.39, 0.29) is 5.92 Å². The van der Waals surface area contributed by atoms with Crippen molar-refractivity contribution in [2.45, 2.75) is 25.4 Å². The lowest BCUT2D eigenvalue weighted by Gasteiger charge is -2.33. The van der Waals surface area contributed by atoms with Crippen molar-refractivity contribution in [3.05, 3.63) is 29.8 Å². The Morgan fingerprint density at radius 1 is 1.41 bits per heavy atom. The maximum absolute atomic E-state index is 10.5. The molecule has 2 atom stereocenters. The van der Waals surface area contributed by atoms with Crippen LogP contribution >= 0.6 is 0 Å². The van der Waals surface area contributed by atoms with Crippen molar-refractivity contribution in [1.82, 2.24) is 4.90 Å². The quantitative estimate of drug-likeness (QED) is 0.851. The molecule has 0 aliphatic rings. The molecule has 3 heteroatoms. The third-order valence-corrected chi connectivity index (χ3v) is 3.16. The molecule has 0 saturated heterocycles. The van der Waals surface area contributed by atoms with Crippen LogP contribution in [0.1, 0.15) is 25.3 Å². The van der Waals surface area contributed by atoms with Gasteiger partial charge in [0.2, 0.25) is 0 Å². The summed E-state index contributed by atoms with van der Waals surface area (Å²) in [6, 6.07) is 7.87. The summed E-state index contributed by atoms with van der Waals surface area (Å²) in [7, 11) is 5.58. The molecule has 17 heavy (non-hydrogen) atoms. The molecule has 3 nitrogen and oxygen atoms in total. The van der Waals surface area contributed by atoms with Gasteiger partial charge in [-0.1, -0.05) is 19.1 Å². The normalized spacial score (nSPS) is 16.6. The Kier molecular flexibility index (Phi) is 4.54. The smallest absolute Gasteiger partial charge is 0.119 e. The molecule has 0 unspecified atom stereocenters. The van der Waals surface area contributed by atoms with E-state index in [1.807, 2.05) is 57.1 Å². The first kappa shape index (κ1) is 14.0. The predicted molar refractivity (Wildman–Crippen MR) is 70.6 cm³/mol. The van der Waals surface area contributed by atoms with Crippen LogP contribution in [0.5, 0.6) is 5.75 Å². The van der Waals surface area contributed by atoms with Crippen molar-refractivity contribution >= 4 is 0 Å². The molecule has 1 rings (SSSR count). The monoisotopic (exact) mass is 237 g/mol. The van der Waals surface area contributed by atoms with Gasteiger partial charge in [0, 0.05) is 12.5 Å². The van der Waals surface area contributed by atoms with Gasteiger partial charge >= 0.3 is 0 Å². The lowest BCUT2D eigenvalue weighted by Crippen LogP contribution is -2.41. The van der Waals surface area contributed by atoms with Gasteiger partial charge in [-0.2, -0.15) is 0 Å². The summed E-state index contributed by atoms with van der Waals surface area (Å²) in [6.45, 7) is 4.54. The van der Waals surface area contributed by atoms with E-state index in [4.69, 9.17) is 4.74 Å².